The molecule has 3 rings (SSSR count). The van der Waals surface area contributed by atoms with Crippen molar-refractivity contribution >= 4 is 34.0 Å². The van der Waals surface area contributed by atoms with Crippen LogP contribution < -0.4 is 9.80 Å². The third kappa shape index (κ3) is 5.01. The molecule has 0 bridgehead atoms. The summed E-state index contributed by atoms with van der Waals surface area (Å²) >= 11 is 7.44. The first-order chi connectivity index (χ1) is 12.1. The van der Waals surface area contributed by atoms with Gasteiger partial charge >= 0.3 is 0 Å². The molecule has 1 N–H and O–H groups in total. The Labute approximate surface area is 157 Å². The molecule has 1 aromatic carbocycles. The van der Waals surface area contributed by atoms with E-state index in [2.05, 4.69) is 4.98 Å². The summed E-state index contributed by atoms with van der Waals surface area (Å²) in [5.41, 5.74) is 1.88. The number of nitrogens with zero attached hydrogens (tertiary/aromatic N) is 2. The zero-order valence-corrected chi connectivity index (χ0v) is 15.9. The highest BCUT2D eigenvalue weighted by Gasteiger charge is 2.18. The molecule has 134 valence electrons. The summed E-state index contributed by atoms with van der Waals surface area (Å²) in [7, 11) is 0. The van der Waals surface area contributed by atoms with Crippen molar-refractivity contribution in [3.05, 3.63) is 34.7 Å². The summed E-state index contributed by atoms with van der Waals surface area (Å²) < 4.78 is 5.38. The highest BCUT2D eigenvalue weighted by atomic mass is 35.5. The number of quaternary nitrogens is 1. The molecule has 0 unspecified atom stereocenters. The van der Waals surface area contributed by atoms with Gasteiger partial charge in [-0.15, -0.1) is 11.3 Å². The number of nitrogens with one attached hydrogen (secondary N) is 1. The fourth-order valence-corrected chi connectivity index (χ4v) is 3.96. The fraction of sp³-hybridized carbons (Fsp3) is 0.444. The van der Waals surface area contributed by atoms with E-state index in [0.29, 0.717) is 11.6 Å². The van der Waals surface area contributed by atoms with E-state index in [0.717, 1.165) is 55.7 Å². The van der Waals surface area contributed by atoms with Crippen LogP contribution in [0.1, 0.15) is 13.3 Å². The third-order valence-electron chi connectivity index (χ3n) is 4.36. The van der Waals surface area contributed by atoms with Crippen LogP contribution in [0, 0.1) is 0 Å². The molecular formula is C18H23ClN3O2S+. The Bertz CT molecular complexity index is 699. The number of aromatic nitrogens is 1. The van der Waals surface area contributed by atoms with Gasteiger partial charge in [0.1, 0.15) is 13.1 Å². The first-order valence-electron chi connectivity index (χ1n) is 8.54. The van der Waals surface area contributed by atoms with Gasteiger partial charge in [0.2, 0.25) is 5.91 Å². The fourth-order valence-electron chi connectivity index (χ4n) is 2.93. The third-order valence-corrected chi connectivity index (χ3v) is 5.47. The first-order valence-corrected chi connectivity index (χ1v) is 9.80. The molecule has 2 aromatic rings. The Morgan fingerprint density at radius 1 is 1.32 bits per heavy atom. The number of carbonyl (C=O) groups excluding carboxylic acids is 1. The van der Waals surface area contributed by atoms with E-state index >= 15 is 0 Å². The van der Waals surface area contributed by atoms with Gasteiger partial charge in [-0.2, -0.15) is 0 Å². The van der Waals surface area contributed by atoms with Gasteiger partial charge < -0.3 is 9.64 Å². The molecule has 1 aliphatic rings. The summed E-state index contributed by atoms with van der Waals surface area (Å²) in [6.45, 7) is 7.14. The normalized spacial score (nSPS) is 15.3. The molecule has 5 nitrogen and oxygen atoms in total. The van der Waals surface area contributed by atoms with Gasteiger partial charge in [0.25, 0.3) is 0 Å². The van der Waals surface area contributed by atoms with Crippen LogP contribution in [-0.4, -0.2) is 50.3 Å². The van der Waals surface area contributed by atoms with Crippen LogP contribution in [0.2, 0.25) is 5.02 Å². The van der Waals surface area contributed by atoms with Gasteiger partial charge in [-0.1, -0.05) is 23.7 Å². The van der Waals surface area contributed by atoms with Gasteiger partial charge in [0, 0.05) is 35.9 Å². The molecule has 0 aliphatic carbocycles. The lowest BCUT2D eigenvalue weighted by atomic mass is 10.2. The average molecular weight is 381 g/mol. The lowest BCUT2D eigenvalue weighted by Crippen LogP contribution is -3.14. The monoisotopic (exact) mass is 380 g/mol. The molecule has 1 aliphatic heterocycles. The van der Waals surface area contributed by atoms with Gasteiger partial charge in [0.05, 0.1) is 25.5 Å². The number of morpholine rings is 1. The molecule has 1 fully saturated rings. The summed E-state index contributed by atoms with van der Waals surface area (Å²) in [5.74, 6) is 0.0361. The highest BCUT2D eigenvalue weighted by Crippen LogP contribution is 2.28. The minimum absolute atomic E-state index is 0.0361. The van der Waals surface area contributed by atoms with E-state index in [1.54, 1.807) is 16.7 Å². The standard InChI is InChI=1S/C18H22ClN3O2S/c1-14(23)22(8-2-7-21-9-11-24-12-10-21)18-20-17(13-25-18)15-3-5-16(19)6-4-15/h3-6,13H,2,7-12H2,1H3/p+1. The smallest absolute Gasteiger partial charge is 0.225 e. The summed E-state index contributed by atoms with van der Waals surface area (Å²) in [5, 5.41) is 3.45. The first kappa shape index (κ1) is 18.3. The summed E-state index contributed by atoms with van der Waals surface area (Å²) in [6.07, 6.45) is 0.963. The lowest BCUT2D eigenvalue weighted by Gasteiger charge is -2.25. The molecular weight excluding hydrogens is 358 g/mol. The molecule has 0 atom stereocenters. The molecule has 0 radical (unpaired) electrons. The Morgan fingerprint density at radius 3 is 2.72 bits per heavy atom. The van der Waals surface area contributed by atoms with Gasteiger partial charge in [-0.05, 0) is 12.1 Å². The second kappa shape index (κ2) is 8.76. The number of ether oxygens (including phenoxy) is 1. The largest absolute Gasteiger partial charge is 0.370 e. The van der Waals surface area contributed by atoms with E-state index in [1.165, 1.54) is 11.3 Å². The minimum Gasteiger partial charge on any atom is -0.370 e. The number of amides is 1. The van der Waals surface area contributed by atoms with Crippen LogP contribution in [0.15, 0.2) is 29.6 Å². The quantitative estimate of drug-likeness (QED) is 0.835. The van der Waals surface area contributed by atoms with Gasteiger partial charge in [-0.3, -0.25) is 9.69 Å². The van der Waals surface area contributed by atoms with Crippen LogP contribution in [-0.2, 0) is 9.53 Å². The second-order valence-electron chi connectivity index (χ2n) is 6.16. The van der Waals surface area contributed by atoms with E-state index in [4.69, 9.17) is 16.3 Å². The van der Waals surface area contributed by atoms with Crippen LogP contribution in [0.25, 0.3) is 11.3 Å². The Hall–Kier alpha value is -1.47. The van der Waals surface area contributed by atoms with Crippen LogP contribution in [0.3, 0.4) is 0 Å². The van der Waals surface area contributed by atoms with Crippen molar-refractivity contribution in [2.45, 2.75) is 13.3 Å². The Morgan fingerprint density at radius 2 is 2.04 bits per heavy atom. The van der Waals surface area contributed by atoms with Crippen molar-refractivity contribution < 1.29 is 14.4 Å². The maximum absolute atomic E-state index is 12.1. The molecule has 0 saturated carbocycles. The number of hydrogen-bond donors (Lipinski definition) is 1. The number of halogens is 1. The predicted molar refractivity (Wildman–Crippen MR) is 102 cm³/mol. The number of anilines is 1. The zero-order chi connectivity index (χ0) is 17.6. The van der Waals surface area contributed by atoms with Crippen molar-refractivity contribution in [2.24, 2.45) is 0 Å². The molecule has 1 amide bonds. The molecule has 1 saturated heterocycles. The maximum Gasteiger partial charge on any atom is 0.225 e. The van der Waals surface area contributed by atoms with Gasteiger partial charge in [-0.25, -0.2) is 4.98 Å². The van der Waals surface area contributed by atoms with Crippen molar-refractivity contribution in [3.63, 3.8) is 0 Å². The molecule has 2 heterocycles. The molecule has 7 heteroatoms. The van der Waals surface area contributed by atoms with Crippen molar-refractivity contribution in [1.29, 1.82) is 0 Å². The number of benzene rings is 1. The van der Waals surface area contributed by atoms with Crippen LogP contribution in [0.4, 0.5) is 5.13 Å². The van der Waals surface area contributed by atoms with Crippen LogP contribution >= 0.6 is 22.9 Å². The topological polar surface area (TPSA) is 46.9 Å². The van der Waals surface area contributed by atoms with Crippen molar-refractivity contribution in [3.8, 4) is 11.3 Å². The summed E-state index contributed by atoms with van der Waals surface area (Å²) in [6, 6.07) is 7.59. The maximum atomic E-state index is 12.1. The molecule has 1 aromatic heterocycles. The molecule has 25 heavy (non-hydrogen) atoms. The summed E-state index contributed by atoms with van der Waals surface area (Å²) in [4.78, 5) is 20.0. The van der Waals surface area contributed by atoms with E-state index in [-0.39, 0.29) is 5.91 Å². The van der Waals surface area contributed by atoms with Gasteiger partial charge in [0.15, 0.2) is 5.13 Å². The van der Waals surface area contributed by atoms with Crippen molar-refractivity contribution in [2.75, 3.05) is 44.3 Å². The lowest BCUT2D eigenvalue weighted by molar-refractivity contribution is -0.908. The Kier molecular flexibility index (Phi) is 6.42. The Balaban J connectivity index is 1.62. The molecule has 0 spiro atoms. The van der Waals surface area contributed by atoms with E-state index in [9.17, 15) is 4.79 Å². The number of carbonyl (C=O) groups is 1. The number of hydrogen-bond acceptors (Lipinski definition) is 4. The zero-order valence-electron chi connectivity index (χ0n) is 14.3. The number of rotatable bonds is 6. The van der Waals surface area contributed by atoms with Crippen LogP contribution in [0.5, 0.6) is 0 Å². The van der Waals surface area contributed by atoms with Crippen molar-refractivity contribution in [1.82, 2.24) is 4.98 Å². The average Bonchev–Trinajstić information content (AvgIpc) is 3.09. The second-order valence-corrected chi connectivity index (χ2v) is 7.43. The predicted octanol–water partition coefficient (Wildman–Crippen LogP) is 2.12. The minimum atomic E-state index is 0.0361. The number of thiazole rings is 1. The SMILES string of the molecule is CC(=O)N(CCC[NH+]1CCOCC1)c1nc(-c2ccc(Cl)cc2)cs1. The highest BCUT2D eigenvalue weighted by molar-refractivity contribution is 7.14. The van der Waals surface area contributed by atoms with E-state index in [1.807, 2.05) is 29.6 Å². The van der Waals surface area contributed by atoms with E-state index < -0.39 is 0 Å².